The van der Waals surface area contributed by atoms with Gasteiger partial charge in [-0.1, -0.05) is 35.5 Å². The summed E-state index contributed by atoms with van der Waals surface area (Å²) in [5.74, 6) is 0. The molecule has 3 aromatic rings. The second-order valence-electron chi connectivity index (χ2n) is 4.08. The summed E-state index contributed by atoms with van der Waals surface area (Å²) in [5, 5.41) is 1.72. The fourth-order valence-electron chi connectivity index (χ4n) is 1.90. The number of halogens is 1. The van der Waals surface area contributed by atoms with Gasteiger partial charge in [-0.3, -0.25) is 4.98 Å². The third-order valence-electron chi connectivity index (χ3n) is 2.82. The molecule has 3 rings (SSSR count). The van der Waals surface area contributed by atoms with Crippen molar-refractivity contribution >= 4 is 40.0 Å². The van der Waals surface area contributed by atoms with Gasteiger partial charge in [0.05, 0.1) is 10.5 Å². The topological polar surface area (TPSA) is 38.9 Å². The number of aromatic nitrogens is 1. The molecule has 0 aliphatic rings. The predicted molar refractivity (Wildman–Crippen MR) is 81.7 cm³/mol. The second-order valence-corrected chi connectivity index (χ2v) is 5.58. The highest BCUT2D eigenvalue weighted by molar-refractivity contribution is 7.99. The van der Waals surface area contributed by atoms with Gasteiger partial charge in [0.15, 0.2) is 0 Å². The van der Waals surface area contributed by atoms with E-state index in [2.05, 4.69) is 4.98 Å². The lowest BCUT2D eigenvalue weighted by Gasteiger charge is -2.08. The fraction of sp³-hybridized carbons (Fsp3) is 0. The molecule has 0 fully saturated rings. The van der Waals surface area contributed by atoms with E-state index in [0.29, 0.717) is 0 Å². The molecule has 4 heteroatoms. The van der Waals surface area contributed by atoms with Crippen LogP contribution in [0.1, 0.15) is 0 Å². The van der Waals surface area contributed by atoms with Gasteiger partial charge >= 0.3 is 0 Å². The SMILES string of the molecule is Nc1ccc(Sc2ccccc2Cl)c2ncccc12. The molecule has 0 bridgehead atoms. The van der Waals surface area contributed by atoms with Gasteiger partial charge in [0, 0.05) is 27.1 Å². The summed E-state index contributed by atoms with van der Waals surface area (Å²) in [7, 11) is 0. The van der Waals surface area contributed by atoms with E-state index in [-0.39, 0.29) is 0 Å². The van der Waals surface area contributed by atoms with Gasteiger partial charge in [0.1, 0.15) is 0 Å². The molecule has 0 aliphatic heterocycles. The maximum atomic E-state index is 6.19. The molecule has 0 amide bonds. The maximum absolute atomic E-state index is 6.19. The zero-order valence-electron chi connectivity index (χ0n) is 10.0. The zero-order chi connectivity index (χ0) is 13.2. The highest BCUT2D eigenvalue weighted by Crippen LogP contribution is 2.37. The average molecular weight is 287 g/mol. The van der Waals surface area contributed by atoms with Gasteiger partial charge in [0.2, 0.25) is 0 Å². The first-order chi connectivity index (χ1) is 9.25. The lowest BCUT2D eigenvalue weighted by atomic mass is 10.2. The van der Waals surface area contributed by atoms with Crippen LogP contribution in [0.5, 0.6) is 0 Å². The van der Waals surface area contributed by atoms with Crippen molar-refractivity contribution in [3.05, 3.63) is 59.8 Å². The van der Waals surface area contributed by atoms with E-state index in [0.717, 1.165) is 31.4 Å². The summed E-state index contributed by atoms with van der Waals surface area (Å²) in [6.07, 6.45) is 1.78. The first kappa shape index (κ1) is 12.3. The summed E-state index contributed by atoms with van der Waals surface area (Å²) in [6, 6.07) is 15.5. The Balaban J connectivity index is 2.12. The van der Waals surface area contributed by atoms with E-state index in [9.17, 15) is 0 Å². The third-order valence-corrected chi connectivity index (χ3v) is 4.39. The molecular formula is C15H11ClN2S. The first-order valence-electron chi connectivity index (χ1n) is 5.81. The van der Waals surface area contributed by atoms with Crippen LogP contribution in [0.4, 0.5) is 5.69 Å². The molecule has 0 radical (unpaired) electrons. The standard InChI is InChI=1S/C15H11ClN2S/c16-11-5-1-2-6-13(11)19-14-8-7-12(17)10-4-3-9-18-15(10)14/h1-9H,17H2. The van der Waals surface area contributed by atoms with E-state index in [1.165, 1.54) is 0 Å². The first-order valence-corrected chi connectivity index (χ1v) is 7.01. The number of nitrogen functional groups attached to an aromatic ring is 1. The number of nitrogens with zero attached hydrogens (tertiary/aromatic N) is 1. The number of hydrogen-bond acceptors (Lipinski definition) is 3. The van der Waals surface area contributed by atoms with Crippen molar-refractivity contribution in [2.75, 3.05) is 5.73 Å². The Labute approximate surface area is 120 Å². The van der Waals surface area contributed by atoms with Crippen LogP contribution in [0.15, 0.2) is 64.5 Å². The van der Waals surface area contributed by atoms with Crippen molar-refractivity contribution in [1.29, 1.82) is 0 Å². The second kappa shape index (κ2) is 5.11. The molecule has 0 saturated heterocycles. The van der Waals surface area contributed by atoms with Crippen molar-refractivity contribution in [2.45, 2.75) is 9.79 Å². The summed E-state index contributed by atoms with van der Waals surface area (Å²) in [4.78, 5) is 6.49. The van der Waals surface area contributed by atoms with Crippen molar-refractivity contribution in [2.24, 2.45) is 0 Å². The largest absolute Gasteiger partial charge is 0.398 e. The molecule has 19 heavy (non-hydrogen) atoms. The molecule has 94 valence electrons. The Hall–Kier alpha value is -1.71. The van der Waals surface area contributed by atoms with E-state index in [4.69, 9.17) is 17.3 Å². The van der Waals surface area contributed by atoms with E-state index in [1.54, 1.807) is 18.0 Å². The van der Waals surface area contributed by atoms with E-state index in [1.807, 2.05) is 48.5 Å². The number of hydrogen-bond donors (Lipinski definition) is 1. The molecule has 2 aromatic carbocycles. The maximum Gasteiger partial charge on any atom is 0.0861 e. The van der Waals surface area contributed by atoms with Crippen molar-refractivity contribution < 1.29 is 0 Å². The lowest BCUT2D eigenvalue weighted by molar-refractivity contribution is 1.34. The minimum Gasteiger partial charge on any atom is -0.398 e. The van der Waals surface area contributed by atoms with Crippen molar-refractivity contribution in [3.8, 4) is 0 Å². The Morgan fingerprint density at radius 3 is 2.63 bits per heavy atom. The number of anilines is 1. The van der Waals surface area contributed by atoms with Gasteiger partial charge in [-0.25, -0.2) is 0 Å². The monoisotopic (exact) mass is 286 g/mol. The van der Waals surface area contributed by atoms with Crippen LogP contribution < -0.4 is 5.73 Å². The Kier molecular flexibility index (Phi) is 3.32. The van der Waals surface area contributed by atoms with Crippen LogP contribution in [0.25, 0.3) is 10.9 Å². The van der Waals surface area contributed by atoms with Crippen LogP contribution in [0, 0.1) is 0 Å². The highest BCUT2D eigenvalue weighted by Gasteiger charge is 2.08. The van der Waals surface area contributed by atoms with Crippen LogP contribution in [0.2, 0.25) is 5.02 Å². The van der Waals surface area contributed by atoms with Crippen molar-refractivity contribution in [1.82, 2.24) is 4.98 Å². The Bertz CT molecular complexity index is 743. The summed E-state index contributed by atoms with van der Waals surface area (Å²) < 4.78 is 0. The molecule has 0 unspecified atom stereocenters. The smallest absolute Gasteiger partial charge is 0.0861 e. The normalized spacial score (nSPS) is 10.8. The van der Waals surface area contributed by atoms with Gasteiger partial charge in [-0.05, 0) is 36.4 Å². The molecule has 0 saturated carbocycles. The molecule has 1 aromatic heterocycles. The number of nitrogens with two attached hydrogens (primary N) is 1. The number of pyridine rings is 1. The van der Waals surface area contributed by atoms with E-state index >= 15 is 0 Å². The van der Waals surface area contributed by atoms with Crippen molar-refractivity contribution in [3.63, 3.8) is 0 Å². The van der Waals surface area contributed by atoms with Gasteiger partial charge in [0.25, 0.3) is 0 Å². The van der Waals surface area contributed by atoms with Gasteiger partial charge in [-0.15, -0.1) is 0 Å². The molecule has 2 N–H and O–H groups in total. The van der Waals surface area contributed by atoms with Crippen LogP contribution in [-0.2, 0) is 0 Å². The van der Waals surface area contributed by atoms with Gasteiger partial charge < -0.3 is 5.73 Å². The molecule has 0 aliphatic carbocycles. The number of rotatable bonds is 2. The Morgan fingerprint density at radius 1 is 0.947 bits per heavy atom. The minimum absolute atomic E-state index is 0.742. The van der Waals surface area contributed by atoms with Gasteiger partial charge in [-0.2, -0.15) is 0 Å². The average Bonchev–Trinajstić information content (AvgIpc) is 2.44. The Morgan fingerprint density at radius 2 is 1.79 bits per heavy atom. The molecule has 0 atom stereocenters. The van der Waals surface area contributed by atoms with Crippen LogP contribution >= 0.6 is 23.4 Å². The fourth-order valence-corrected chi connectivity index (χ4v) is 3.09. The van der Waals surface area contributed by atoms with Crippen LogP contribution in [0.3, 0.4) is 0 Å². The van der Waals surface area contributed by atoms with E-state index < -0.39 is 0 Å². The molecule has 2 nitrogen and oxygen atoms in total. The quantitative estimate of drug-likeness (QED) is 0.699. The van der Waals surface area contributed by atoms with Crippen LogP contribution in [-0.4, -0.2) is 4.98 Å². The highest BCUT2D eigenvalue weighted by atomic mass is 35.5. The number of benzene rings is 2. The predicted octanol–water partition coefficient (Wildman–Crippen LogP) is 4.62. The zero-order valence-corrected chi connectivity index (χ0v) is 11.6. The summed E-state index contributed by atoms with van der Waals surface area (Å²) in [6.45, 7) is 0. The summed E-state index contributed by atoms with van der Waals surface area (Å²) in [5.41, 5.74) is 7.62. The minimum atomic E-state index is 0.742. The molecule has 1 heterocycles. The third kappa shape index (κ3) is 2.39. The molecular weight excluding hydrogens is 276 g/mol. The summed E-state index contributed by atoms with van der Waals surface area (Å²) >= 11 is 7.79. The number of fused-ring (bicyclic) bond motifs is 1. The lowest BCUT2D eigenvalue weighted by Crippen LogP contribution is -1.90. The molecule has 0 spiro atoms.